The molecule has 0 spiro atoms. The second-order valence-corrected chi connectivity index (χ2v) is 6.48. The maximum atomic E-state index is 12.1. The summed E-state index contributed by atoms with van der Waals surface area (Å²) in [7, 11) is 3.80. The number of benzene rings is 1. The van der Waals surface area contributed by atoms with Crippen LogP contribution in [0.5, 0.6) is 0 Å². The van der Waals surface area contributed by atoms with Gasteiger partial charge in [-0.2, -0.15) is 0 Å². The zero-order chi connectivity index (χ0) is 19.9. The van der Waals surface area contributed by atoms with Crippen molar-refractivity contribution < 1.29 is 9.53 Å². The van der Waals surface area contributed by atoms with Crippen molar-refractivity contribution in [2.24, 2.45) is 4.99 Å². The molecule has 3 N–H and O–H groups in total. The highest BCUT2D eigenvalue weighted by Crippen LogP contribution is 2.14. The normalized spacial score (nSPS) is 11.5. The molecule has 0 aliphatic rings. The van der Waals surface area contributed by atoms with Crippen LogP contribution in [0.3, 0.4) is 0 Å². The van der Waals surface area contributed by atoms with Gasteiger partial charge in [0.1, 0.15) is 0 Å². The molecule has 0 aliphatic carbocycles. The van der Waals surface area contributed by atoms with Gasteiger partial charge in [-0.05, 0) is 32.5 Å². The number of guanidine groups is 1. The predicted molar refractivity (Wildman–Crippen MR) is 112 cm³/mol. The lowest BCUT2D eigenvalue weighted by atomic mass is 10.2. The number of likely N-dealkylation sites (N-methyl/N-ethyl adjacent to an activating group) is 1. The molecule has 27 heavy (non-hydrogen) atoms. The highest BCUT2D eigenvalue weighted by Gasteiger charge is 2.08. The monoisotopic (exact) mass is 397 g/mol. The summed E-state index contributed by atoms with van der Waals surface area (Å²) in [6.07, 6.45) is 1.01. The molecule has 0 bridgehead atoms. The molecule has 1 aromatic carbocycles. The van der Waals surface area contributed by atoms with Gasteiger partial charge in [-0.1, -0.05) is 23.7 Å². The van der Waals surface area contributed by atoms with Gasteiger partial charge in [0.05, 0.1) is 17.1 Å². The van der Waals surface area contributed by atoms with E-state index in [4.69, 9.17) is 16.3 Å². The molecule has 8 heteroatoms. The minimum absolute atomic E-state index is 0.179. The predicted octanol–water partition coefficient (Wildman–Crippen LogP) is 1.59. The van der Waals surface area contributed by atoms with Crippen LogP contribution in [0, 0.1) is 0 Å². The molecule has 0 aromatic heterocycles. The van der Waals surface area contributed by atoms with E-state index in [9.17, 15) is 4.79 Å². The van der Waals surface area contributed by atoms with Crippen LogP contribution >= 0.6 is 11.6 Å². The highest BCUT2D eigenvalue weighted by atomic mass is 35.5. The Morgan fingerprint density at radius 3 is 2.63 bits per heavy atom. The molecule has 7 nitrogen and oxygen atoms in total. The third kappa shape index (κ3) is 10.2. The van der Waals surface area contributed by atoms with Crippen molar-refractivity contribution >= 4 is 23.5 Å². The molecule has 152 valence electrons. The highest BCUT2D eigenvalue weighted by molar-refractivity contribution is 6.33. The van der Waals surface area contributed by atoms with Crippen LogP contribution in [-0.2, 0) is 4.74 Å². The van der Waals surface area contributed by atoms with Gasteiger partial charge >= 0.3 is 0 Å². The van der Waals surface area contributed by atoms with Crippen LogP contribution in [0.25, 0.3) is 0 Å². The van der Waals surface area contributed by atoms with Crippen molar-refractivity contribution in [2.45, 2.75) is 13.3 Å². The summed E-state index contributed by atoms with van der Waals surface area (Å²) in [5, 5.41) is 9.73. The van der Waals surface area contributed by atoms with Gasteiger partial charge < -0.3 is 25.6 Å². The van der Waals surface area contributed by atoms with Gasteiger partial charge in [0.25, 0.3) is 5.91 Å². The molecule has 1 amide bonds. The molecule has 0 radical (unpaired) electrons. The summed E-state index contributed by atoms with van der Waals surface area (Å²) in [6.45, 7) is 7.19. The number of ether oxygens (including phenoxy) is 1. The summed E-state index contributed by atoms with van der Waals surface area (Å²) >= 11 is 6.03. The SMILES string of the molecule is CCNC(=NCCN(C)CCCOC)NCCNC(=O)c1ccccc1Cl. The van der Waals surface area contributed by atoms with E-state index < -0.39 is 0 Å². The van der Waals surface area contributed by atoms with Crippen LogP contribution in [0.1, 0.15) is 23.7 Å². The Morgan fingerprint density at radius 2 is 1.93 bits per heavy atom. The van der Waals surface area contributed by atoms with Gasteiger partial charge in [0, 0.05) is 46.4 Å². The lowest BCUT2D eigenvalue weighted by Gasteiger charge is -2.16. The van der Waals surface area contributed by atoms with Crippen molar-refractivity contribution in [1.82, 2.24) is 20.9 Å². The summed E-state index contributed by atoms with van der Waals surface area (Å²) in [5.41, 5.74) is 0.483. The third-order valence-electron chi connectivity index (χ3n) is 3.81. The molecular weight excluding hydrogens is 366 g/mol. The van der Waals surface area contributed by atoms with Gasteiger partial charge in [-0.25, -0.2) is 0 Å². The van der Waals surface area contributed by atoms with Crippen molar-refractivity contribution in [2.75, 3.05) is 60.0 Å². The van der Waals surface area contributed by atoms with Gasteiger partial charge in [-0.15, -0.1) is 0 Å². The number of nitrogens with one attached hydrogen (secondary N) is 3. The van der Waals surface area contributed by atoms with Crippen LogP contribution < -0.4 is 16.0 Å². The molecule has 0 unspecified atom stereocenters. The van der Waals surface area contributed by atoms with Crippen LogP contribution in [0.15, 0.2) is 29.3 Å². The average molecular weight is 398 g/mol. The molecule has 1 rings (SSSR count). The first-order valence-corrected chi connectivity index (χ1v) is 9.68. The first kappa shape index (κ1) is 23.2. The Morgan fingerprint density at radius 1 is 1.19 bits per heavy atom. The summed E-state index contributed by atoms with van der Waals surface area (Å²) < 4.78 is 5.06. The second kappa shape index (κ2) is 14.3. The Bertz CT molecular complexity index is 583. The summed E-state index contributed by atoms with van der Waals surface area (Å²) in [6, 6.07) is 7.01. The van der Waals surface area contributed by atoms with E-state index in [1.165, 1.54) is 0 Å². The molecule has 1 aromatic rings. The van der Waals surface area contributed by atoms with E-state index in [0.29, 0.717) is 30.2 Å². The minimum atomic E-state index is -0.179. The van der Waals surface area contributed by atoms with Crippen molar-refractivity contribution in [3.8, 4) is 0 Å². The van der Waals surface area contributed by atoms with Crippen molar-refractivity contribution in [1.29, 1.82) is 0 Å². The van der Waals surface area contributed by atoms with E-state index in [-0.39, 0.29) is 5.91 Å². The zero-order valence-corrected chi connectivity index (χ0v) is 17.3. The quantitative estimate of drug-likeness (QED) is 0.283. The van der Waals surface area contributed by atoms with Crippen LogP contribution in [0.2, 0.25) is 5.02 Å². The first-order chi connectivity index (χ1) is 13.1. The summed E-state index contributed by atoms with van der Waals surface area (Å²) in [4.78, 5) is 18.9. The van der Waals surface area contributed by atoms with E-state index >= 15 is 0 Å². The standard InChI is InChI=1S/C19H32ClN5O2/c1-4-21-19(24-12-14-25(2)13-7-15-27-3)23-11-10-22-18(26)16-8-5-6-9-17(16)20/h5-6,8-9H,4,7,10-15H2,1-3H3,(H,22,26)(H2,21,23,24). The fraction of sp³-hybridized carbons (Fsp3) is 0.579. The van der Waals surface area contributed by atoms with Crippen molar-refractivity contribution in [3.63, 3.8) is 0 Å². The van der Waals surface area contributed by atoms with E-state index in [1.807, 2.05) is 6.92 Å². The number of carbonyl (C=O) groups is 1. The maximum absolute atomic E-state index is 12.1. The second-order valence-electron chi connectivity index (χ2n) is 6.07. The number of carbonyl (C=O) groups excluding carboxylic acids is 1. The smallest absolute Gasteiger partial charge is 0.252 e. The number of halogens is 1. The number of aliphatic imine (C=N–C) groups is 1. The Labute approximate surface area is 167 Å². The Hall–Kier alpha value is -1.83. The van der Waals surface area contributed by atoms with Crippen LogP contribution in [-0.4, -0.2) is 76.8 Å². The maximum Gasteiger partial charge on any atom is 0.252 e. The average Bonchev–Trinajstić information content (AvgIpc) is 2.65. The van der Waals surface area contributed by atoms with Crippen LogP contribution in [0.4, 0.5) is 0 Å². The molecular formula is C19H32ClN5O2. The lowest BCUT2D eigenvalue weighted by Crippen LogP contribution is -2.42. The fourth-order valence-electron chi connectivity index (χ4n) is 2.36. The summed E-state index contributed by atoms with van der Waals surface area (Å²) in [5.74, 6) is 0.566. The molecule has 0 aliphatic heterocycles. The zero-order valence-electron chi connectivity index (χ0n) is 16.6. The van der Waals surface area contributed by atoms with E-state index in [1.54, 1.807) is 31.4 Å². The Kier molecular flexibility index (Phi) is 12.3. The van der Waals surface area contributed by atoms with Crippen molar-refractivity contribution in [3.05, 3.63) is 34.9 Å². The molecule has 0 saturated carbocycles. The third-order valence-corrected chi connectivity index (χ3v) is 4.14. The topological polar surface area (TPSA) is 78.0 Å². The number of amides is 1. The molecule has 0 atom stereocenters. The fourth-order valence-corrected chi connectivity index (χ4v) is 2.58. The lowest BCUT2D eigenvalue weighted by molar-refractivity contribution is 0.0954. The Balaban J connectivity index is 2.31. The van der Waals surface area contributed by atoms with Gasteiger partial charge in [0.2, 0.25) is 0 Å². The molecule has 0 saturated heterocycles. The molecule has 0 heterocycles. The largest absolute Gasteiger partial charge is 0.385 e. The first-order valence-electron chi connectivity index (χ1n) is 9.30. The number of rotatable bonds is 12. The molecule has 0 fully saturated rings. The van der Waals surface area contributed by atoms with E-state index in [2.05, 4.69) is 32.9 Å². The minimum Gasteiger partial charge on any atom is -0.385 e. The number of hydrogen-bond donors (Lipinski definition) is 3. The van der Waals surface area contributed by atoms with Gasteiger partial charge in [0.15, 0.2) is 5.96 Å². The van der Waals surface area contributed by atoms with E-state index in [0.717, 1.165) is 38.6 Å². The number of hydrogen-bond acceptors (Lipinski definition) is 4. The van der Waals surface area contributed by atoms with Gasteiger partial charge in [-0.3, -0.25) is 9.79 Å². The number of methoxy groups -OCH3 is 1. The number of nitrogens with zero attached hydrogens (tertiary/aromatic N) is 2.